The average Bonchev–Trinajstić information content (AvgIpc) is 3.17. The second-order valence-electron chi connectivity index (χ2n) is 10.4. The van der Waals surface area contributed by atoms with Crippen LogP contribution in [0, 0.1) is 11.3 Å². The van der Waals surface area contributed by atoms with Gasteiger partial charge >= 0.3 is 0 Å². The molecule has 1 saturated heterocycles. The third-order valence-corrected chi connectivity index (χ3v) is 8.39. The first kappa shape index (κ1) is 22.3. The number of aromatic amines is 1. The highest BCUT2D eigenvalue weighted by atomic mass is 32.1. The van der Waals surface area contributed by atoms with Gasteiger partial charge in [0.05, 0.1) is 11.9 Å². The monoisotopic (exact) mass is 464 g/mol. The van der Waals surface area contributed by atoms with Gasteiger partial charge in [-0.2, -0.15) is 0 Å². The summed E-state index contributed by atoms with van der Waals surface area (Å²) < 4.78 is 0. The molecule has 1 aromatic carbocycles. The number of aryl methyl sites for hydroxylation is 1. The molecule has 1 fully saturated rings. The Hall–Kier alpha value is -2.51. The SMILES string of the molecule is CC(C)(C)[C@@H]1CCc2c(sc3nc(CN4CCN(C(=O)c5ccccc5)CC4)[nH]c(=O)c23)C1. The molecule has 0 bridgehead atoms. The minimum absolute atomic E-state index is 0.000370. The number of rotatable bonds is 3. The van der Waals surface area contributed by atoms with Gasteiger partial charge in [-0.1, -0.05) is 39.0 Å². The number of piperazine rings is 1. The fraction of sp³-hybridized carbons (Fsp3) is 0.500. The number of hydrogen-bond donors (Lipinski definition) is 1. The van der Waals surface area contributed by atoms with Gasteiger partial charge in [0.2, 0.25) is 0 Å². The van der Waals surface area contributed by atoms with Crippen molar-refractivity contribution in [3.63, 3.8) is 0 Å². The van der Waals surface area contributed by atoms with Gasteiger partial charge in [0, 0.05) is 36.6 Å². The Bertz CT molecular complexity index is 1220. The maximum Gasteiger partial charge on any atom is 0.259 e. The van der Waals surface area contributed by atoms with Crippen LogP contribution in [0.4, 0.5) is 0 Å². The van der Waals surface area contributed by atoms with Crippen LogP contribution in [-0.4, -0.2) is 51.9 Å². The number of fused-ring (bicyclic) bond motifs is 3. The lowest BCUT2D eigenvalue weighted by atomic mass is 9.72. The smallest absolute Gasteiger partial charge is 0.259 e. The molecule has 174 valence electrons. The second-order valence-corrected chi connectivity index (χ2v) is 11.5. The molecule has 1 atom stereocenters. The van der Waals surface area contributed by atoms with Crippen molar-refractivity contribution in [2.45, 2.75) is 46.6 Å². The molecule has 1 aliphatic carbocycles. The summed E-state index contributed by atoms with van der Waals surface area (Å²) in [6.07, 6.45) is 3.15. The van der Waals surface area contributed by atoms with E-state index in [4.69, 9.17) is 4.98 Å². The van der Waals surface area contributed by atoms with E-state index in [-0.39, 0.29) is 16.9 Å². The summed E-state index contributed by atoms with van der Waals surface area (Å²) in [5.74, 6) is 1.45. The summed E-state index contributed by atoms with van der Waals surface area (Å²) in [5.41, 5.74) is 2.24. The molecule has 1 N–H and O–H groups in total. The molecule has 1 amide bonds. The summed E-state index contributed by atoms with van der Waals surface area (Å²) in [5, 5.41) is 0.810. The lowest BCUT2D eigenvalue weighted by Crippen LogP contribution is -2.48. The van der Waals surface area contributed by atoms with E-state index in [1.165, 1.54) is 10.4 Å². The number of nitrogens with zero attached hydrogens (tertiary/aromatic N) is 3. The summed E-state index contributed by atoms with van der Waals surface area (Å²) in [6, 6.07) is 9.44. The number of benzene rings is 1. The molecule has 0 spiro atoms. The van der Waals surface area contributed by atoms with Crippen molar-refractivity contribution in [1.82, 2.24) is 19.8 Å². The lowest BCUT2D eigenvalue weighted by Gasteiger charge is -2.34. The molecule has 0 saturated carbocycles. The number of aromatic nitrogens is 2. The van der Waals surface area contributed by atoms with Gasteiger partial charge in [0.1, 0.15) is 10.7 Å². The van der Waals surface area contributed by atoms with Crippen molar-refractivity contribution in [2.24, 2.45) is 11.3 Å². The van der Waals surface area contributed by atoms with Gasteiger partial charge in [-0.3, -0.25) is 14.5 Å². The third-order valence-electron chi connectivity index (χ3n) is 7.25. The van der Waals surface area contributed by atoms with Crippen LogP contribution in [0.5, 0.6) is 0 Å². The van der Waals surface area contributed by atoms with Gasteiger partial charge < -0.3 is 9.88 Å². The van der Waals surface area contributed by atoms with E-state index in [1.807, 2.05) is 35.2 Å². The molecular formula is C26H32N4O2S. The Morgan fingerprint density at radius 2 is 1.88 bits per heavy atom. The zero-order valence-electron chi connectivity index (χ0n) is 19.7. The molecule has 0 radical (unpaired) electrons. The van der Waals surface area contributed by atoms with Crippen molar-refractivity contribution < 1.29 is 4.79 Å². The Balaban J connectivity index is 1.28. The van der Waals surface area contributed by atoms with E-state index in [1.54, 1.807) is 11.3 Å². The van der Waals surface area contributed by atoms with Crippen molar-refractivity contribution in [3.05, 3.63) is 62.5 Å². The van der Waals surface area contributed by atoms with Crippen LogP contribution in [0.1, 0.15) is 53.8 Å². The zero-order chi connectivity index (χ0) is 23.2. The molecule has 0 unspecified atom stereocenters. The molecule has 3 aromatic rings. The van der Waals surface area contributed by atoms with E-state index in [0.717, 1.165) is 54.0 Å². The van der Waals surface area contributed by atoms with Crippen LogP contribution in [0.15, 0.2) is 35.1 Å². The van der Waals surface area contributed by atoms with Crippen molar-refractivity contribution in [1.29, 1.82) is 0 Å². The summed E-state index contributed by atoms with van der Waals surface area (Å²) in [6.45, 7) is 10.4. The minimum atomic E-state index is -0.000370. The normalized spacial score (nSPS) is 19.6. The Morgan fingerprint density at radius 3 is 2.58 bits per heavy atom. The maximum absolute atomic E-state index is 13.0. The quantitative estimate of drug-likeness (QED) is 0.634. The molecule has 7 heteroatoms. The van der Waals surface area contributed by atoms with Crippen molar-refractivity contribution in [3.8, 4) is 0 Å². The molecule has 1 aliphatic heterocycles. The maximum atomic E-state index is 13.0. The van der Waals surface area contributed by atoms with Gasteiger partial charge in [0.25, 0.3) is 11.5 Å². The number of amides is 1. The van der Waals surface area contributed by atoms with Gasteiger partial charge in [-0.05, 0) is 48.3 Å². The molecule has 33 heavy (non-hydrogen) atoms. The molecule has 5 rings (SSSR count). The largest absolute Gasteiger partial charge is 0.336 e. The minimum Gasteiger partial charge on any atom is -0.336 e. The fourth-order valence-electron chi connectivity index (χ4n) is 5.13. The van der Waals surface area contributed by atoms with Crippen LogP contribution in [0.2, 0.25) is 0 Å². The fourth-order valence-corrected chi connectivity index (χ4v) is 6.45. The van der Waals surface area contributed by atoms with Crippen molar-refractivity contribution >= 4 is 27.5 Å². The molecule has 6 nitrogen and oxygen atoms in total. The number of nitrogens with one attached hydrogen (secondary N) is 1. The third kappa shape index (κ3) is 4.49. The van der Waals surface area contributed by atoms with E-state index in [9.17, 15) is 9.59 Å². The first-order chi connectivity index (χ1) is 15.8. The topological polar surface area (TPSA) is 69.3 Å². The number of H-pyrrole nitrogens is 1. The van der Waals surface area contributed by atoms with Gasteiger partial charge in [-0.15, -0.1) is 11.3 Å². The van der Waals surface area contributed by atoms with Gasteiger partial charge in [-0.25, -0.2) is 4.98 Å². The van der Waals surface area contributed by atoms with E-state index in [0.29, 0.717) is 25.6 Å². The van der Waals surface area contributed by atoms with Crippen LogP contribution < -0.4 is 5.56 Å². The second kappa shape index (κ2) is 8.69. The van der Waals surface area contributed by atoms with Gasteiger partial charge in [0.15, 0.2) is 0 Å². The standard InChI is InChI=1S/C26H32N4O2S/c1-26(2,3)18-9-10-19-20(15-18)33-24-22(19)23(31)27-21(28-24)16-29-11-13-30(14-12-29)25(32)17-7-5-4-6-8-17/h4-8,18H,9-16H2,1-3H3,(H,27,28,31)/t18-/m1/s1. The van der Waals surface area contributed by atoms with Crippen LogP contribution in [-0.2, 0) is 19.4 Å². The first-order valence-electron chi connectivity index (χ1n) is 11.9. The molecule has 3 heterocycles. The average molecular weight is 465 g/mol. The predicted molar refractivity (Wildman–Crippen MR) is 133 cm³/mol. The predicted octanol–water partition coefficient (Wildman–Crippen LogP) is 4.09. The summed E-state index contributed by atoms with van der Waals surface area (Å²) >= 11 is 1.71. The van der Waals surface area contributed by atoms with E-state index >= 15 is 0 Å². The Morgan fingerprint density at radius 1 is 1.15 bits per heavy atom. The van der Waals surface area contributed by atoms with Crippen LogP contribution >= 0.6 is 11.3 Å². The summed E-state index contributed by atoms with van der Waals surface area (Å²) in [7, 11) is 0. The molecular weight excluding hydrogens is 432 g/mol. The van der Waals surface area contributed by atoms with E-state index in [2.05, 4.69) is 30.7 Å². The van der Waals surface area contributed by atoms with Crippen molar-refractivity contribution in [2.75, 3.05) is 26.2 Å². The number of thiophene rings is 1. The van der Waals surface area contributed by atoms with E-state index < -0.39 is 0 Å². The first-order valence-corrected chi connectivity index (χ1v) is 12.7. The summed E-state index contributed by atoms with van der Waals surface area (Å²) in [4.78, 5) is 40.0. The highest BCUT2D eigenvalue weighted by molar-refractivity contribution is 7.18. The zero-order valence-corrected chi connectivity index (χ0v) is 20.5. The van der Waals surface area contributed by atoms with Crippen LogP contribution in [0.3, 0.4) is 0 Å². The highest BCUT2D eigenvalue weighted by Gasteiger charge is 2.32. The number of hydrogen-bond acceptors (Lipinski definition) is 5. The number of carbonyl (C=O) groups is 1. The highest BCUT2D eigenvalue weighted by Crippen LogP contribution is 2.42. The Kier molecular flexibility index (Phi) is 5.87. The molecule has 2 aliphatic rings. The van der Waals surface area contributed by atoms with Crippen LogP contribution in [0.25, 0.3) is 10.2 Å². The lowest BCUT2D eigenvalue weighted by molar-refractivity contribution is 0.0625. The number of carbonyl (C=O) groups excluding carboxylic acids is 1. The Labute approximate surface area is 198 Å². The molecule has 2 aromatic heterocycles.